The molecular weight excluding hydrogens is 288 g/mol. The number of sulfonamides is 1. The second kappa shape index (κ2) is 6.88. The number of nitrogens with one attached hydrogen (secondary N) is 1. The number of aliphatic hydroxyl groups is 1. The van der Waals surface area contributed by atoms with E-state index in [9.17, 15) is 8.42 Å². The molecule has 1 heterocycles. The highest BCUT2D eigenvalue weighted by atomic mass is 32.2. The van der Waals surface area contributed by atoms with E-state index in [1.807, 2.05) is 0 Å². The number of hydrogen-bond acceptors (Lipinski definition) is 4. The molecule has 0 amide bonds. The zero-order chi connectivity index (χ0) is 15.1. The van der Waals surface area contributed by atoms with Crippen molar-refractivity contribution in [3.05, 3.63) is 54.2 Å². The molecule has 0 aliphatic rings. The van der Waals surface area contributed by atoms with Crippen LogP contribution in [-0.2, 0) is 10.0 Å². The van der Waals surface area contributed by atoms with Gasteiger partial charge in [0.15, 0.2) is 0 Å². The Morgan fingerprint density at radius 3 is 2.62 bits per heavy atom. The smallest absolute Gasteiger partial charge is 0.264 e. The fourth-order valence-corrected chi connectivity index (χ4v) is 2.81. The summed E-state index contributed by atoms with van der Waals surface area (Å²) in [6.45, 7) is -0.0614. The van der Waals surface area contributed by atoms with E-state index in [4.69, 9.17) is 5.11 Å². The lowest BCUT2D eigenvalue weighted by Crippen LogP contribution is -2.15. The van der Waals surface area contributed by atoms with Crippen LogP contribution in [0.5, 0.6) is 0 Å². The van der Waals surface area contributed by atoms with Crippen LogP contribution in [0.25, 0.3) is 0 Å². The minimum Gasteiger partial charge on any atom is -0.395 e. The number of pyridine rings is 1. The average Bonchev–Trinajstić information content (AvgIpc) is 2.48. The van der Waals surface area contributed by atoms with Crippen LogP contribution < -0.4 is 4.72 Å². The summed E-state index contributed by atoms with van der Waals surface area (Å²) in [5.74, 6) is 5.72. The van der Waals surface area contributed by atoms with Crippen LogP contribution in [0.15, 0.2) is 53.6 Å². The van der Waals surface area contributed by atoms with Gasteiger partial charge < -0.3 is 5.11 Å². The van der Waals surface area contributed by atoms with Gasteiger partial charge in [0.2, 0.25) is 0 Å². The number of aromatic nitrogens is 1. The van der Waals surface area contributed by atoms with Crippen molar-refractivity contribution in [3.63, 3.8) is 0 Å². The van der Waals surface area contributed by atoms with E-state index in [0.717, 1.165) is 0 Å². The molecule has 108 valence electrons. The summed E-state index contributed by atoms with van der Waals surface area (Å²) in [7, 11) is -3.76. The van der Waals surface area contributed by atoms with Crippen LogP contribution >= 0.6 is 0 Å². The van der Waals surface area contributed by atoms with Crippen molar-refractivity contribution in [1.29, 1.82) is 0 Å². The van der Waals surface area contributed by atoms with Crippen LogP contribution in [0.2, 0.25) is 0 Å². The molecule has 2 aromatic rings. The first-order chi connectivity index (χ1) is 10.1. The molecule has 1 aromatic heterocycles. The first-order valence-electron chi connectivity index (χ1n) is 6.26. The predicted octanol–water partition coefficient (Wildman–Crippen LogP) is 1.62. The zero-order valence-electron chi connectivity index (χ0n) is 11.2. The third kappa shape index (κ3) is 4.05. The van der Waals surface area contributed by atoms with Gasteiger partial charge in [0.05, 0.1) is 6.61 Å². The van der Waals surface area contributed by atoms with E-state index in [1.165, 1.54) is 12.3 Å². The maximum atomic E-state index is 12.4. The van der Waals surface area contributed by atoms with Crippen LogP contribution in [0.4, 0.5) is 5.82 Å². The second-order valence-corrected chi connectivity index (χ2v) is 5.74. The Hall–Kier alpha value is -2.36. The molecule has 0 saturated carbocycles. The molecule has 21 heavy (non-hydrogen) atoms. The quantitative estimate of drug-likeness (QED) is 0.841. The normalized spacial score (nSPS) is 10.5. The maximum Gasteiger partial charge on any atom is 0.264 e. The fraction of sp³-hybridized carbons (Fsp3) is 0.133. The minimum atomic E-state index is -3.76. The standard InChI is InChI=1S/C15H14N2O3S/c18-12-6-4-8-13-7-1-2-9-14(13)21(19,20)17-15-10-3-5-11-16-15/h1-3,5,7,9-11,18H,6,12H2,(H,16,17). The summed E-state index contributed by atoms with van der Waals surface area (Å²) >= 11 is 0. The van der Waals surface area contributed by atoms with Crippen molar-refractivity contribution in [1.82, 2.24) is 4.98 Å². The minimum absolute atomic E-state index is 0.0614. The summed E-state index contributed by atoms with van der Waals surface area (Å²) in [5, 5.41) is 8.73. The molecule has 5 nitrogen and oxygen atoms in total. The molecule has 0 aliphatic carbocycles. The molecule has 0 fully saturated rings. The lowest BCUT2D eigenvalue weighted by molar-refractivity contribution is 0.305. The molecule has 0 bridgehead atoms. The fourth-order valence-electron chi connectivity index (χ4n) is 1.63. The number of nitrogens with zero attached hydrogens (tertiary/aromatic N) is 1. The molecule has 0 atom stereocenters. The lowest BCUT2D eigenvalue weighted by Gasteiger charge is -2.08. The van der Waals surface area contributed by atoms with Gasteiger partial charge in [-0.2, -0.15) is 0 Å². The predicted molar refractivity (Wildman–Crippen MR) is 80.1 cm³/mol. The number of benzene rings is 1. The largest absolute Gasteiger partial charge is 0.395 e. The van der Waals surface area contributed by atoms with E-state index in [2.05, 4.69) is 21.5 Å². The van der Waals surface area contributed by atoms with Crippen molar-refractivity contribution < 1.29 is 13.5 Å². The van der Waals surface area contributed by atoms with E-state index in [-0.39, 0.29) is 17.3 Å². The Morgan fingerprint density at radius 2 is 1.90 bits per heavy atom. The van der Waals surface area contributed by atoms with Crippen molar-refractivity contribution in [2.75, 3.05) is 11.3 Å². The van der Waals surface area contributed by atoms with Gasteiger partial charge in [-0.15, -0.1) is 0 Å². The van der Waals surface area contributed by atoms with E-state index in [1.54, 1.807) is 36.4 Å². The topological polar surface area (TPSA) is 79.3 Å². The van der Waals surface area contributed by atoms with E-state index in [0.29, 0.717) is 12.0 Å². The van der Waals surface area contributed by atoms with E-state index < -0.39 is 10.0 Å². The monoisotopic (exact) mass is 302 g/mol. The number of rotatable bonds is 4. The molecule has 2 N–H and O–H groups in total. The lowest BCUT2D eigenvalue weighted by atomic mass is 10.2. The van der Waals surface area contributed by atoms with Gasteiger partial charge in [-0.05, 0) is 24.3 Å². The van der Waals surface area contributed by atoms with Crippen LogP contribution in [0, 0.1) is 11.8 Å². The van der Waals surface area contributed by atoms with Crippen LogP contribution in [0.3, 0.4) is 0 Å². The first-order valence-corrected chi connectivity index (χ1v) is 7.74. The summed E-state index contributed by atoms with van der Waals surface area (Å²) in [6.07, 6.45) is 1.80. The molecular formula is C15H14N2O3S. The van der Waals surface area contributed by atoms with Gasteiger partial charge in [-0.25, -0.2) is 13.4 Å². The van der Waals surface area contributed by atoms with Crippen molar-refractivity contribution in [2.45, 2.75) is 11.3 Å². The highest BCUT2D eigenvalue weighted by Crippen LogP contribution is 2.17. The molecule has 6 heteroatoms. The highest BCUT2D eigenvalue weighted by Gasteiger charge is 2.17. The summed E-state index contributed by atoms with van der Waals surface area (Å²) in [5.41, 5.74) is 0.384. The van der Waals surface area contributed by atoms with Gasteiger partial charge in [0.25, 0.3) is 10.0 Å². The van der Waals surface area contributed by atoms with Crippen molar-refractivity contribution in [3.8, 4) is 11.8 Å². The van der Waals surface area contributed by atoms with Crippen LogP contribution in [0.1, 0.15) is 12.0 Å². The van der Waals surface area contributed by atoms with Gasteiger partial charge >= 0.3 is 0 Å². The third-order valence-electron chi connectivity index (χ3n) is 2.54. The second-order valence-electron chi connectivity index (χ2n) is 4.09. The van der Waals surface area contributed by atoms with Crippen molar-refractivity contribution >= 4 is 15.8 Å². The molecule has 2 rings (SSSR count). The van der Waals surface area contributed by atoms with Gasteiger partial charge in [0, 0.05) is 18.2 Å². The summed E-state index contributed by atoms with van der Waals surface area (Å²) in [4.78, 5) is 4.02. The van der Waals surface area contributed by atoms with E-state index >= 15 is 0 Å². The number of aliphatic hydroxyl groups excluding tert-OH is 1. The average molecular weight is 302 g/mol. The van der Waals surface area contributed by atoms with Gasteiger partial charge in [0.1, 0.15) is 10.7 Å². The van der Waals surface area contributed by atoms with Gasteiger partial charge in [-0.3, -0.25) is 4.72 Å². The number of hydrogen-bond donors (Lipinski definition) is 2. The van der Waals surface area contributed by atoms with Gasteiger partial charge in [-0.1, -0.05) is 30.0 Å². The highest BCUT2D eigenvalue weighted by molar-refractivity contribution is 7.92. The molecule has 0 aliphatic heterocycles. The first kappa shape index (κ1) is 15.0. The SMILES string of the molecule is O=S(=O)(Nc1ccccn1)c1ccccc1C#CCCO. The Labute approximate surface area is 123 Å². The molecule has 0 radical (unpaired) electrons. The Morgan fingerprint density at radius 1 is 1.14 bits per heavy atom. The Kier molecular flexibility index (Phi) is 4.93. The number of anilines is 1. The molecule has 1 aromatic carbocycles. The Bertz CT molecular complexity index is 762. The molecule has 0 saturated heterocycles. The van der Waals surface area contributed by atoms with Crippen LogP contribution in [-0.4, -0.2) is 25.1 Å². The zero-order valence-corrected chi connectivity index (χ0v) is 12.0. The summed E-state index contributed by atoms with van der Waals surface area (Å²) < 4.78 is 27.2. The maximum absolute atomic E-state index is 12.4. The van der Waals surface area contributed by atoms with Crippen molar-refractivity contribution in [2.24, 2.45) is 0 Å². The summed E-state index contributed by atoms with van der Waals surface area (Å²) in [6, 6.07) is 11.4. The molecule has 0 unspecified atom stereocenters. The third-order valence-corrected chi connectivity index (χ3v) is 3.95. The Balaban J connectivity index is 2.35. The molecule has 0 spiro atoms.